The van der Waals surface area contributed by atoms with Crippen LogP contribution in [0.25, 0.3) is 0 Å². The topological polar surface area (TPSA) is 49.3 Å². The molecule has 2 saturated heterocycles. The maximum Gasteiger partial charge on any atom is 0.230 e. The number of aromatic nitrogens is 2. The molecule has 2 aliphatic heterocycles. The van der Waals surface area contributed by atoms with Crippen LogP contribution in [0.3, 0.4) is 0 Å². The Balaban J connectivity index is 1.37. The molecule has 3 heterocycles. The Bertz CT molecular complexity index is 856. The third-order valence-corrected chi connectivity index (χ3v) is 6.85. The normalized spacial score (nSPS) is 24.6. The van der Waals surface area contributed by atoms with Gasteiger partial charge in [-0.05, 0) is 50.0 Å². The van der Waals surface area contributed by atoms with Crippen LogP contribution in [0.2, 0.25) is 0 Å². The fourth-order valence-electron chi connectivity index (χ4n) is 5.05. The molecule has 0 radical (unpaired) electrons. The maximum atomic E-state index is 13.3. The van der Waals surface area contributed by atoms with Gasteiger partial charge in [0.15, 0.2) is 0 Å². The first-order valence-electron chi connectivity index (χ1n) is 10.5. The van der Waals surface area contributed by atoms with Gasteiger partial charge in [0, 0.05) is 37.4 Å². The number of hydrogen-bond donors (Lipinski definition) is 0. The molecule has 3 fully saturated rings. The van der Waals surface area contributed by atoms with Crippen molar-refractivity contribution < 1.29 is 4.79 Å². The lowest BCUT2D eigenvalue weighted by Crippen LogP contribution is -2.54. The number of likely N-dealkylation sites (tertiary alicyclic amines) is 1. The van der Waals surface area contributed by atoms with E-state index in [0.717, 1.165) is 50.4 Å². The van der Waals surface area contributed by atoms with Gasteiger partial charge in [0.1, 0.15) is 12.1 Å². The highest BCUT2D eigenvalue weighted by molar-refractivity contribution is 5.85. The second-order valence-corrected chi connectivity index (χ2v) is 8.87. The number of benzene rings is 1. The third-order valence-electron chi connectivity index (χ3n) is 6.85. The van der Waals surface area contributed by atoms with Crippen molar-refractivity contribution in [2.24, 2.45) is 5.41 Å². The Kier molecular flexibility index (Phi) is 4.33. The first-order valence-corrected chi connectivity index (χ1v) is 10.5. The molecule has 5 nitrogen and oxygen atoms in total. The Morgan fingerprint density at radius 2 is 1.82 bits per heavy atom. The predicted molar refractivity (Wildman–Crippen MR) is 109 cm³/mol. The summed E-state index contributed by atoms with van der Waals surface area (Å²) in [7, 11) is 0. The molecule has 2 aromatic rings. The smallest absolute Gasteiger partial charge is 0.230 e. The lowest BCUT2D eigenvalue weighted by molar-refractivity contribution is -0.141. The van der Waals surface area contributed by atoms with Crippen molar-refractivity contribution in [3.8, 4) is 0 Å². The Morgan fingerprint density at radius 1 is 1.07 bits per heavy atom. The van der Waals surface area contributed by atoms with Crippen molar-refractivity contribution in [1.82, 2.24) is 14.9 Å². The van der Waals surface area contributed by atoms with Gasteiger partial charge >= 0.3 is 0 Å². The van der Waals surface area contributed by atoms with Crippen LogP contribution in [-0.4, -0.2) is 46.5 Å². The van der Waals surface area contributed by atoms with Crippen LogP contribution in [0.15, 0.2) is 42.7 Å². The summed E-state index contributed by atoms with van der Waals surface area (Å²) in [5.41, 5.74) is 2.43. The van der Waals surface area contributed by atoms with Crippen molar-refractivity contribution in [2.45, 2.75) is 51.0 Å². The van der Waals surface area contributed by atoms with E-state index >= 15 is 0 Å². The van der Waals surface area contributed by atoms with Crippen molar-refractivity contribution in [2.75, 3.05) is 24.5 Å². The van der Waals surface area contributed by atoms with Crippen molar-refractivity contribution in [3.05, 3.63) is 54.0 Å². The number of rotatable bonds is 3. The molecule has 1 aliphatic carbocycles. The Labute approximate surface area is 166 Å². The molecular formula is C23H28N4O. The lowest BCUT2D eigenvalue weighted by Gasteiger charge is -2.50. The molecule has 1 saturated carbocycles. The van der Waals surface area contributed by atoms with Crippen LogP contribution in [0.4, 0.5) is 5.82 Å². The van der Waals surface area contributed by atoms with Crippen LogP contribution >= 0.6 is 0 Å². The zero-order valence-corrected chi connectivity index (χ0v) is 16.6. The molecule has 0 N–H and O–H groups in total. The van der Waals surface area contributed by atoms with E-state index in [0.29, 0.717) is 11.9 Å². The van der Waals surface area contributed by atoms with Gasteiger partial charge in [-0.25, -0.2) is 9.97 Å². The van der Waals surface area contributed by atoms with Crippen LogP contribution in [-0.2, 0) is 4.79 Å². The Morgan fingerprint density at radius 3 is 2.50 bits per heavy atom. The van der Waals surface area contributed by atoms with Gasteiger partial charge in [-0.15, -0.1) is 0 Å². The number of carbonyl (C=O) groups excluding carboxylic acids is 1. The van der Waals surface area contributed by atoms with Gasteiger partial charge in [-0.1, -0.05) is 30.3 Å². The van der Waals surface area contributed by atoms with Crippen LogP contribution in [0.5, 0.6) is 0 Å². The lowest BCUT2D eigenvalue weighted by atomic mass is 9.67. The van der Waals surface area contributed by atoms with E-state index in [2.05, 4.69) is 50.1 Å². The average Bonchev–Trinajstić information content (AvgIpc) is 3.56. The molecule has 3 aliphatic rings. The van der Waals surface area contributed by atoms with Crippen molar-refractivity contribution in [3.63, 3.8) is 0 Å². The average molecular weight is 377 g/mol. The number of aryl methyl sites for hydroxylation is 1. The summed E-state index contributed by atoms with van der Waals surface area (Å²) in [5.74, 6) is 1.41. The van der Waals surface area contributed by atoms with Gasteiger partial charge in [0.25, 0.3) is 0 Å². The molecule has 146 valence electrons. The maximum absolute atomic E-state index is 13.3. The molecular weight excluding hydrogens is 348 g/mol. The van der Waals surface area contributed by atoms with Gasteiger partial charge in [-0.3, -0.25) is 4.79 Å². The number of piperidine rings is 2. The molecule has 1 amide bonds. The van der Waals surface area contributed by atoms with Gasteiger partial charge < -0.3 is 9.80 Å². The number of nitrogens with zero attached hydrogens (tertiary/aromatic N) is 4. The summed E-state index contributed by atoms with van der Waals surface area (Å²) in [4.78, 5) is 26.6. The highest BCUT2D eigenvalue weighted by atomic mass is 16.2. The van der Waals surface area contributed by atoms with E-state index in [1.165, 1.54) is 18.4 Å². The van der Waals surface area contributed by atoms with E-state index in [4.69, 9.17) is 0 Å². The predicted octanol–water partition coefficient (Wildman–Crippen LogP) is 3.55. The van der Waals surface area contributed by atoms with E-state index in [1.54, 1.807) is 6.33 Å². The summed E-state index contributed by atoms with van der Waals surface area (Å²) < 4.78 is 0. The minimum absolute atomic E-state index is 0.0170. The molecule has 1 spiro atoms. The molecule has 1 aromatic carbocycles. The number of anilines is 1. The van der Waals surface area contributed by atoms with Crippen molar-refractivity contribution in [1.29, 1.82) is 0 Å². The Hall–Kier alpha value is -2.43. The molecule has 1 unspecified atom stereocenters. The first kappa shape index (κ1) is 17.7. The molecule has 0 bridgehead atoms. The fourth-order valence-corrected chi connectivity index (χ4v) is 5.05. The monoisotopic (exact) mass is 376 g/mol. The van der Waals surface area contributed by atoms with E-state index in [9.17, 15) is 4.79 Å². The zero-order valence-electron chi connectivity index (χ0n) is 16.6. The highest BCUT2D eigenvalue weighted by Gasteiger charge is 2.49. The van der Waals surface area contributed by atoms with Crippen LogP contribution in [0, 0.1) is 12.3 Å². The van der Waals surface area contributed by atoms with Crippen LogP contribution in [0.1, 0.15) is 49.3 Å². The minimum atomic E-state index is 0.0170. The molecule has 1 aromatic heterocycles. The summed E-state index contributed by atoms with van der Waals surface area (Å²) in [5, 5.41) is 0. The number of amides is 1. The minimum Gasteiger partial charge on any atom is -0.356 e. The quantitative estimate of drug-likeness (QED) is 0.822. The van der Waals surface area contributed by atoms with Gasteiger partial charge in [0.05, 0.1) is 5.92 Å². The molecule has 5 heteroatoms. The second kappa shape index (κ2) is 6.87. The van der Waals surface area contributed by atoms with E-state index < -0.39 is 0 Å². The molecule has 5 rings (SSSR count). The SMILES string of the molecule is Cc1cc(N2CCC3(CC2)CC(c2ccccc2)C(=O)N(C2CC2)C3)ncn1. The second-order valence-electron chi connectivity index (χ2n) is 8.87. The molecule has 28 heavy (non-hydrogen) atoms. The standard InChI is InChI=1S/C23H28N4O/c1-17-13-21(25-16-24-17)26-11-9-23(10-12-26)14-20(18-5-3-2-4-6-18)22(28)27(15-23)19-7-8-19/h2-6,13,16,19-20H,7-12,14-15H2,1H3. The summed E-state index contributed by atoms with van der Waals surface area (Å²) >= 11 is 0. The van der Waals surface area contributed by atoms with E-state index in [-0.39, 0.29) is 11.3 Å². The summed E-state index contributed by atoms with van der Waals surface area (Å²) in [6, 6.07) is 13.0. The zero-order chi connectivity index (χ0) is 19.1. The third kappa shape index (κ3) is 3.27. The summed E-state index contributed by atoms with van der Waals surface area (Å²) in [6.45, 7) is 4.97. The fraction of sp³-hybridized carbons (Fsp3) is 0.522. The van der Waals surface area contributed by atoms with Crippen LogP contribution < -0.4 is 4.90 Å². The largest absolute Gasteiger partial charge is 0.356 e. The number of carbonyl (C=O) groups is 1. The first-order chi connectivity index (χ1) is 13.6. The highest BCUT2D eigenvalue weighted by Crippen LogP contribution is 2.48. The van der Waals surface area contributed by atoms with E-state index in [1.807, 2.05) is 13.0 Å². The summed E-state index contributed by atoms with van der Waals surface area (Å²) in [6.07, 6.45) is 7.24. The van der Waals surface area contributed by atoms with Gasteiger partial charge in [-0.2, -0.15) is 0 Å². The number of hydrogen-bond acceptors (Lipinski definition) is 4. The molecule has 1 atom stereocenters. The van der Waals surface area contributed by atoms with Gasteiger partial charge in [0.2, 0.25) is 5.91 Å². The van der Waals surface area contributed by atoms with Crippen molar-refractivity contribution >= 4 is 11.7 Å².